The maximum atomic E-state index is 11.2. The van der Waals surface area contributed by atoms with E-state index in [0.29, 0.717) is 22.9 Å². The standard InChI is InChI=1S/C13H21NO3S/c1-6-13(4,17-5)12-14-9(7-8(2)3)10(18-12)11(15)16/h8H,6-7H2,1-5H3,(H,15,16). The Labute approximate surface area is 112 Å². The number of rotatable bonds is 6. The van der Waals surface area contributed by atoms with E-state index < -0.39 is 11.6 Å². The SMILES string of the molecule is CCC(C)(OC)c1nc(CC(C)C)c(C(=O)O)s1. The van der Waals surface area contributed by atoms with Gasteiger partial charge in [-0.3, -0.25) is 0 Å². The summed E-state index contributed by atoms with van der Waals surface area (Å²) in [6.45, 7) is 8.06. The summed E-state index contributed by atoms with van der Waals surface area (Å²) in [6.07, 6.45) is 1.44. The third-order valence-electron chi connectivity index (χ3n) is 3.07. The van der Waals surface area contributed by atoms with E-state index in [-0.39, 0.29) is 0 Å². The van der Waals surface area contributed by atoms with Crippen LogP contribution in [0.15, 0.2) is 0 Å². The molecule has 0 amide bonds. The lowest BCUT2D eigenvalue weighted by Gasteiger charge is -2.23. The van der Waals surface area contributed by atoms with Crippen LogP contribution in [0.25, 0.3) is 0 Å². The second kappa shape index (κ2) is 5.80. The molecule has 102 valence electrons. The fourth-order valence-electron chi connectivity index (χ4n) is 1.65. The molecule has 5 heteroatoms. The zero-order valence-electron chi connectivity index (χ0n) is 11.6. The normalized spacial score (nSPS) is 14.8. The summed E-state index contributed by atoms with van der Waals surface area (Å²) >= 11 is 1.23. The lowest BCUT2D eigenvalue weighted by atomic mass is 10.0. The molecule has 1 N–H and O–H groups in total. The number of aromatic carboxylic acids is 1. The maximum Gasteiger partial charge on any atom is 0.347 e. The average molecular weight is 271 g/mol. The molecule has 1 unspecified atom stereocenters. The molecule has 0 aliphatic heterocycles. The van der Waals surface area contributed by atoms with E-state index in [0.717, 1.165) is 11.4 Å². The molecule has 0 fully saturated rings. The molecular weight excluding hydrogens is 250 g/mol. The van der Waals surface area contributed by atoms with Gasteiger partial charge in [-0.2, -0.15) is 0 Å². The van der Waals surface area contributed by atoms with Crippen LogP contribution >= 0.6 is 11.3 Å². The predicted octanol–water partition coefficient (Wildman–Crippen LogP) is 3.31. The molecule has 0 bridgehead atoms. The van der Waals surface area contributed by atoms with Crippen LogP contribution < -0.4 is 0 Å². The molecule has 0 saturated carbocycles. The van der Waals surface area contributed by atoms with Gasteiger partial charge in [-0.25, -0.2) is 9.78 Å². The van der Waals surface area contributed by atoms with Crippen molar-refractivity contribution in [2.24, 2.45) is 5.92 Å². The molecule has 1 aromatic heterocycles. The fraction of sp³-hybridized carbons (Fsp3) is 0.692. The summed E-state index contributed by atoms with van der Waals surface area (Å²) in [6, 6.07) is 0. The number of carboxylic acids is 1. The van der Waals surface area contributed by atoms with E-state index in [4.69, 9.17) is 4.74 Å². The summed E-state index contributed by atoms with van der Waals surface area (Å²) < 4.78 is 5.48. The Kier molecular flexibility index (Phi) is 4.87. The van der Waals surface area contributed by atoms with Crippen molar-refractivity contribution < 1.29 is 14.6 Å². The summed E-state index contributed by atoms with van der Waals surface area (Å²) in [5.41, 5.74) is 0.179. The Hall–Kier alpha value is -0.940. The molecule has 1 heterocycles. The number of methoxy groups -OCH3 is 1. The molecule has 0 aliphatic carbocycles. The molecule has 0 saturated heterocycles. The zero-order chi connectivity index (χ0) is 13.9. The summed E-state index contributed by atoms with van der Waals surface area (Å²) in [7, 11) is 1.63. The van der Waals surface area contributed by atoms with Crippen molar-refractivity contribution in [1.82, 2.24) is 4.98 Å². The van der Waals surface area contributed by atoms with E-state index >= 15 is 0 Å². The third-order valence-corrected chi connectivity index (χ3v) is 4.40. The van der Waals surface area contributed by atoms with E-state index in [1.165, 1.54) is 11.3 Å². The fourth-order valence-corrected chi connectivity index (χ4v) is 2.78. The zero-order valence-corrected chi connectivity index (χ0v) is 12.4. The molecule has 1 rings (SSSR count). The Bertz CT molecular complexity index is 422. The molecule has 0 aromatic carbocycles. The van der Waals surface area contributed by atoms with E-state index in [9.17, 15) is 9.90 Å². The Morgan fingerprint density at radius 1 is 1.56 bits per heavy atom. The van der Waals surface area contributed by atoms with Gasteiger partial charge in [-0.1, -0.05) is 20.8 Å². The van der Waals surface area contributed by atoms with Gasteiger partial charge in [0.15, 0.2) is 0 Å². The third kappa shape index (κ3) is 3.09. The molecule has 0 spiro atoms. The number of ether oxygens (including phenoxy) is 1. The van der Waals surface area contributed by atoms with Crippen LogP contribution in [-0.2, 0) is 16.8 Å². The van der Waals surface area contributed by atoms with Crippen molar-refractivity contribution in [3.63, 3.8) is 0 Å². The quantitative estimate of drug-likeness (QED) is 0.862. The van der Waals surface area contributed by atoms with Crippen molar-refractivity contribution in [2.45, 2.75) is 46.1 Å². The van der Waals surface area contributed by atoms with Gasteiger partial charge in [0.1, 0.15) is 15.5 Å². The average Bonchev–Trinajstić information content (AvgIpc) is 2.71. The van der Waals surface area contributed by atoms with Crippen molar-refractivity contribution in [3.8, 4) is 0 Å². The van der Waals surface area contributed by atoms with E-state index in [1.807, 2.05) is 13.8 Å². The number of hydrogen-bond acceptors (Lipinski definition) is 4. The first-order chi connectivity index (χ1) is 8.34. The lowest BCUT2D eigenvalue weighted by molar-refractivity contribution is -0.00168. The Balaban J connectivity index is 3.21. The topological polar surface area (TPSA) is 59.4 Å². The van der Waals surface area contributed by atoms with E-state index in [1.54, 1.807) is 7.11 Å². The van der Waals surface area contributed by atoms with Crippen LogP contribution in [0.1, 0.15) is 54.5 Å². The maximum absolute atomic E-state index is 11.2. The van der Waals surface area contributed by atoms with Gasteiger partial charge in [0.05, 0.1) is 5.69 Å². The Morgan fingerprint density at radius 3 is 2.56 bits per heavy atom. The van der Waals surface area contributed by atoms with Crippen molar-refractivity contribution in [3.05, 3.63) is 15.6 Å². The van der Waals surface area contributed by atoms with Crippen LogP contribution in [0.5, 0.6) is 0 Å². The van der Waals surface area contributed by atoms with Gasteiger partial charge in [0.25, 0.3) is 0 Å². The number of carboxylic acid groups (broad SMARTS) is 1. The van der Waals surface area contributed by atoms with Crippen LogP contribution in [0.4, 0.5) is 0 Å². The van der Waals surface area contributed by atoms with Crippen LogP contribution in [0.3, 0.4) is 0 Å². The smallest absolute Gasteiger partial charge is 0.347 e. The molecule has 1 atom stereocenters. The van der Waals surface area contributed by atoms with Crippen LogP contribution in [0, 0.1) is 5.92 Å². The largest absolute Gasteiger partial charge is 0.477 e. The van der Waals surface area contributed by atoms with Crippen LogP contribution in [-0.4, -0.2) is 23.2 Å². The highest BCUT2D eigenvalue weighted by molar-refractivity contribution is 7.13. The highest BCUT2D eigenvalue weighted by atomic mass is 32.1. The molecule has 18 heavy (non-hydrogen) atoms. The molecule has 0 aliphatic rings. The lowest BCUT2D eigenvalue weighted by Crippen LogP contribution is -2.23. The minimum Gasteiger partial charge on any atom is -0.477 e. The van der Waals surface area contributed by atoms with Gasteiger partial charge >= 0.3 is 5.97 Å². The van der Waals surface area contributed by atoms with Crippen molar-refractivity contribution in [2.75, 3.05) is 7.11 Å². The van der Waals surface area contributed by atoms with Gasteiger partial charge in [-0.15, -0.1) is 11.3 Å². The minimum atomic E-state index is -0.899. The highest BCUT2D eigenvalue weighted by Gasteiger charge is 2.31. The first-order valence-corrected chi connectivity index (χ1v) is 6.94. The molecule has 4 nitrogen and oxygen atoms in total. The van der Waals surface area contributed by atoms with Gasteiger partial charge in [0.2, 0.25) is 0 Å². The second-order valence-electron chi connectivity index (χ2n) is 4.99. The Morgan fingerprint density at radius 2 is 2.17 bits per heavy atom. The van der Waals surface area contributed by atoms with Crippen molar-refractivity contribution >= 4 is 17.3 Å². The first kappa shape index (κ1) is 15.1. The van der Waals surface area contributed by atoms with Gasteiger partial charge in [0, 0.05) is 7.11 Å². The van der Waals surface area contributed by atoms with Crippen LogP contribution in [0.2, 0.25) is 0 Å². The summed E-state index contributed by atoms with van der Waals surface area (Å²) in [5.74, 6) is -0.516. The minimum absolute atomic E-state index is 0.343. The molecule has 0 radical (unpaired) electrons. The van der Waals surface area contributed by atoms with Crippen molar-refractivity contribution in [1.29, 1.82) is 0 Å². The first-order valence-electron chi connectivity index (χ1n) is 6.12. The predicted molar refractivity (Wildman–Crippen MR) is 72.3 cm³/mol. The summed E-state index contributed by atoms with van der Waals surface area (Å²) in [5, 5.41) is 9.98. The van der Waals surface area contributed by atoms with E-state index in [2.05, 4.69) is 18.8 Å². The number of nitrogens with zero attached hydrogens (tertiary/aromatic N) is 1. The molecular formula is C13H21NO3S. The van der Waals surface area contributed by atoms with Gasteiger partial charge < -0.3 is 9.84 Å². The summed E-state index contributed by atoms with van der Waals surface area (Å²) in [4.78, 5) is 16.1. The molecule has 1 aromatic rings. The second-order valence-corrected chi connectivity index (χ2v) is 5.99. The number of thiazole rings is 1. The highest BCUT2D eigenvalue weighted by Crippen LogP contribution is 2.34. The number of carbonyl (C=O) groups is 1. The van der Waals surface area contributed by atoms with Gasteiger partial charge in [-0.05, 0) is 25.7 Å². The number of hydrogen-bond donors (Lipinski definition) is 1. The number of aromatic nitrogens is 1. The monoisotopic (exact) mass is 271 g/mol.